The smallest absolute Gasteiger partial charge is 0.268 e. The first-order valence-corrected chi connectivity index (χ1v) is 8.55. The van der Waals surface area contributed by atoms with E-state index in [-0.39, 0.29) is 22.9 Å². The highest BCUT2D eigenvalue weighted by Crippen LogP contribution is 2.36. The van der Waals surface area contributed by atoms with Crippen LogP contribution in [0.4, 0.5) is 14.5 Å². The molecule has 2 aromatic rings. The Labute approximate surface area is 133 Å². The molecule has 0 aromatic heterocycles. The molecule has 0 aliphatic carbocycles. The summed E-state index contributed by atoms with van der Waals surface area (Å²) in [5.74, 6) is -2.47. The number of aryl methyl sites for hydroxylation is 2. The molecule has 1 aliphatic heterocycles. The third-order valence-corrected chi connectivity index (χ3v) is 5.72. The van der Waals surface area contributed by atoms with Gasteiger partial charge in [0.25, 0.3) is 10.0 Å². The highest BCUT2D eigenvalue weighted by molar-refractivity contribution is 7.93. The van der Waals surface area contributed by atoms with E-state index in [0.29, 0.717) is 24.0 Å². The van der Waals surface area contributed by atoms with Crippen molar-refractivity contribution in [2.45, 2.75) is 24.7 Å². The van der Waals surface area contributed by atoms with Gasteiger partial charge in [0, 0.05) is 12.6 Å². The standard InChI is InChI=1S/C16H15F2NO3S/c1-10-4-5-15(20)16(7-10)23(21,22)19-6-2-3-11-8-12(17)13(18)9-14(11)19/h4-5,7-9,20H,2-3,6H2,1H3. The maximum absolute atomic E-state index is 13.6. The lowest BCUT2D eigenvalue weighted by Crippen LogP contribution is -2.35. The predicted molar refractivity (Wildman–Crippen MR) is 82.1 cm³/mol. The molecule has 0 amide bonds. The van der Waals surface area contributed by atoms with E-state index in [4.69, 9.17) is 0 Å². The number of phenolic OH excluding ortho intramolecular Hbond substituents is 1. The first-order chi connectivity index (χ1) is 10.8. The second kappa shape index (κ2) is 5.49. The molecule has 23 heavy (non-hydrogen) atoms. The van der Waals surface area contributed by atoms with Crippen LogP contribution in [-0.4, -0.2) is 20.1 Å². The summed E-state index contributed by atoms with van der Waals surface area (Å²) in [6.07, 6.45) is 0.961. The molecule has 2 aromatic carbocycles. The Morgan fingerprint density at radius 3 is 2.57 bits per heavy atom. The first kappa shape index (κ1) is 15.7. The zero-order chi connectivity index (χ0) is 16.8. The minimum absolute atomic E-state index is 0.121. The van der Waals surface area contributed by atoms with E-state index >= 15 is 0 Å². The van der Waals surface area contributed by atoms with Crippen molar-refractivity contribution in [2.75, 3.05) is 10.8 Å². The minimum atomic E-state index is -4.06. The fourth-order valence-electron chi connectivity index (χ4n) is 2.74. The highest BCUT2D eigenvalue weighted by atomic mass is 32.2. The van der Waals surface area contributed by atoms with Gasteiger partial charge in [0.05, 0.1) is 5.69 Å². The maximum atomic E-state index is 13.6. The molecule has 0 spiro atoms. The highest BCUT2D eigenvalue weighted by Gasteiger charge is 2.32. The summed E-state index contributed by atoms with van der Waals surface area (Å²) >= 11 is 0. The summed E-state index contributed by atoms with van der Waals surface area (Å²) in [7, 11) is -4.06. The summed E-state index contributed by atoms with van der Waals surface area (Å²) in [6.45, 7) is 1.85. The van der Waals surface area contributed by atoms with Crippen LogP contribution in [0.5, 0.6) is 5.75 Å². The normalized spacial score (nSPS) is 14.7. The van der Waals surface area contributed by atoms with Crippen LogP contribution in [-0.2, 0) is 16.4 Å². The van der Waals surface area contributed by atoms with Gasteiger partial charge in [-0.25, -0.2) is 17.2 Å². The van der Waals surface area contributed by atoms with Gasteiger partial charge in [0.15, 0.2) is 11.6 Å². The monoisotopic (exact) mass is 339 g/mol. The molecule has 0 saturated heterocycles. The minimum Gasteiger partial charge on any atom is -0.507 e. The number of benzene rings is 2. The molecule has 1 heterocycles. The van der Waals surface area contributed by atoms with Crippen LogP contribution in [0, 0.1) is 18.6 Å². The van der Waals surface area contributed by atoms with E-state index in [9.17, 15) is 22.3 Å². The molecule has 4 nitrogen and oxygen atoms in total. The van der Waals surface area contributed by atoms with E-state index in [1.54, 1.807) is 13.0 Å². The number of sulfonamides is 1. The molecule has 0 fully saturated rings. The molecule has 0 radical (unpaired) electrons. The van der Waals surface area contributed by atoms with Gasteiger partial charge in [-0.05, 0) is 49.1 Å². The number of hydrogen-bond acceptors (Lipinski definition) is 3. The van der Waals surface area contributed by atoms with Crippen molar-refractivity contribution in [1.82, 2.24) is 0 Å². The molecular weight excluding hydrogens is 324 g/mol. The van der Waals surface area contributed by atoms with Gasteiger partial charge in [-0.1, -0.05) is 6.07 Å². The quantitative estimate of drug-likeness (QED) is 0.915. The Balaban J connectivity index is 2.16. The van der Waals surface area contributed by atoms with E-state index in [1.807, 2.05) is 0 Å². The zero-order valence-corrected chi connectivity index (χ0v) is 13.2. The van der Waals surface area contributed by atoms with Gasteiger partial charge in [-0.15, -0.1) is 0 Å². The van der Waals surface area contributed by atoms with E-state index in [0.717, 1.165) is 16.4 Å². The Hall–Kier alpha value is -2.15. The van der Waals surface area contributed by atoms with Crippen molar-refractivity contribution in [3.8, 4) is 5.75 Å². The van der Waals surface area contributed by atoms with Gasteiger partial charge in [-0.2, -0.15) is 0 Å². The topological polar surface area (TPSA) is 57.6 Å². The molecule has 1 aliphatic rings. The molecule has 0 atom stereocenters. The van der Waals surface area contributed by atoms with Gasteiger partial charge in [-0.3, -0.25) is 4.31 Å². The molecule has 122 valence electrons. The lowest BCUT2D eigenvalue weighted by Gasteiger charge is -2.30. The third-order valence-electron chi connectivity index (χ3n) is 3.88. The fraction of sp³-hybridized carbons (Fsp3) is 0.250. The molecule has 0 unspecified atom stereocenters. The first-order valence-electron chi connectivity index (χ1n) is 7.11. The van der Waals surface area contributed by atoms with Crippen molar-refractivity contribution in [1.29, 1.82) is 0 Å². The van der Waals surface area contributed by atoms with Crippen LogP contribution in [0.2, 0.25) is 0 Å². The second-order valence-electron chi connectivity index (χ2n) is 5.55. The summed E-state index contributed by atoms with van der Waals surface area (Å²) in [5.41, 5.74) is 1.23. The van der Waals surface area contributed by atoms with Crippen LogP contribution in [0.1, 0.15) is 17.5 Å². The lowest BCUT2D eigenvalue weighted by atomic mass is 10.0. The summed E-state index contributed by atoms with van der Waals surface area (Å²) in [5, 5.41) is 9.91. The van der Waals surface area contributed by atoms with Crippen molar-refractivity contribution >= 4 is 15.7 Å². The second-order valence-corrected chi connectivity index (χ2v) is 7.38. The van der Waals surface area contributed by atoms with Gasteiger partial charge >= 0.3 is 0 Å². The summed E-state index contributed by atoms with van der Waals surface area (Å²) < 4.78 is 53.7. The fourth-order valence-corrected chi connectivity index (χ4v) is 4.44. The molecule has 7 heteroatoms. The Morgan fingerprint density at radius 1 is 1.13 bits per heavy atom. The van der Waals surface area contributed by atoms with Crippen LogP contribution >= 0.6 is 0 Å². The number of nitrogens with zero attached hydrogens (tertiary/aromatic N) is 1. The number of phenols is 1. The lowest BCUT2D eigenvalue weighted by molar-refractivity contribution is 0.458. The number of hydrogen-bond donors (Lipinski definition) is 1. The van der Waals surface area contributed by atoms with Crippen LogP contribution in [0.25, 0.3) is 0 Å². The number of rotatable bonds is 2. The zero-order valence-electron chi connectivity index (χ0n) is 12.4. The predicted octanol–water partition coefficient (Wildman–Crippen LogP) is 3.12. The number of anilines is 1. The summed E-state index contributed by atoms with van der Waals surface area (Å²) in [4.78, 5) is -0.241. The average molecular weight is 339 g/mol. The molecule has 1 N–H and O–H groups in total. The average Bonchev–Trinajstić information content (AvgIpc) is 2.50. The van der Waals surface area contributed by atoms with Gasteiger partial charge in [0.2, 0.25) is 0 Å². The third kappa shape index (κ3) is 2.65. The molecule has 0 bridgehead atoms. The Bertz CT molecular complexity index is 881. The van der Waals surface area contributed by atoms with Crippen LogP contribution in [0.15, 0.2) is 35.2 Å². The van der Waals surface area contributed by atoms with Crippen LogP contribution in [0.3, 0.4) is 0 Å². The SMILES string of the molecule is Cc1ccc(O)c(S(=O)(=O)N2CCCc3cc(F)c(F)cc32)c1. The van der Waals surface area contributed by atoms with Crippen LogP contribution < -0.4 is 4.31 Å². The van der Waals surface area contributed by atoms with E-state index < -0.39 is 21.7 Å². The van der Waals surface area contributed by atoms with Gasteiger partial charge in [0.1, 0.15) is 10.6 Å². The molecule has 3 rings (SSSR count). The van der Waals surface area contributed by atoms with Crippen molar-refractivity contribution in [3.63, 3.8) is 0 Å². The number of aromatic hydroxyl groups is 1. The van der Waals surface area contributed by atoms with Crippen molar-refractivity contribution in [3.05, 3.63) is 53.1 Å². The van der Waals surface area contributed by atoms with E-state index in [2.05, 4.69) is 0 Å². The molecule has 0 saturated carbocycles. The Morgan fingerprint density at radius 2 is 1.83 bits per heavy atom. The van der Waals surface area contributed by atoms with Crippen molar-refractivity contribution < 1.29 is 22.3 Å². The van der Waals surface area contributed by atoms with E-state index in [1.165, 1.54) is 12.1 Å². The summed E-state index contributed by atoms with van der Waals surface area (Å²) in [6, 6.07) is 6.18. The van der Waals surface area contributed by atoms with Gasteiger partial charge < -0.3 is 5.11 Å². The maximum Gasteiger partial charge on any atom is 0.268 e. The largest absolute Gasteiger partial charge is 0.507 e. The Kier molecular flexibility index (Phi) is 3.75. The molecular formula is C16H15F2NO3S. The number of halogens is 2. The van der Waals surface area contributed by atoms with Crippen molar-refractivity contribution in [2.24, 2.45) is 0 Å². The number of fused-ring (bicyclic) bond motifs is 1.